The van der Waals surface area contributed by atoms with E-state index in [0.29, 0.717) is 5.56 Å². The van der Waals surface area contributed by atoms with E-state index in [2.05, 4.69) is 21.2 Å². The van der Waals surface area contributed by atoms with Crippen LogP contribution in [-0.4, -0.2) is 34.7 Å². The lowest BCUT2D eigenvalue weighted by atomic mass is 10.1. The molecule has 0 saturated heterocycles. The number of amides is 1. The maximum absolute atomic E-state index is 11.6. The predicted molar refractivity (Wildman–Crippen MR) is 64.9 cm³/mol. The summed E-state index contributed by atoms with van der Waals surface area (Å²) in [7, 11) is 0. The van der Waals surface area contributed by atoms with Gasteiger partial charge in [0.25, 0.3) is 5.91 Å². The molecule has 6 heteroatoms. The molecule has 0 aliphatic carbocycles. The lowest BCUT2D eigenvalue weighted by molar-refractivity contribution is -0.146. The van der Waals surface area contributed by atoms with Gasteiger partial charge in [-0.05, 0) is 24.6 Å². The van der Waals surface area contributed by atoms with E-state index < -0.39 is 18.0 Å². The number of carbonyl (C=O) groups is 2. The van der Waals surface area contributed by atoms with Gasteiger partial charge in [-0.25, -0.2) is 4.79 Å². The molecular weight excluding hydrogens is 290 g/mol. The second-order valence-electron chi connectivity index (χ2n) is 3.53. The van der Waals surface area contributed by atoms with Crippen molar-refractivity contribution in [1.82, 2.24) is 5.32 Å². The number of hydrogen-bond acceptors (Lipinski definition) is 3. The normalized spacial score (nSPS) is 11.9. The number of aliphatic hydroxyl groups excluding tert-OH is 1. The van der Waals surface area contributed by atoms with Crippen LogP contribution in [0.5, 0.6) is 0 Å². The highest BCUT2D eigenvalue weighted by Crippen LogP contribution is 2.17. The zero-order valence-electron chi connectivity index (χ0n) is 9.11. The number of aliphatic hydroxyl groups is 1. The molecule has 17 heavy (non-hydrogen) atoms. The van der Waals surface area contributed by atoms with Crippen molar-refractivity contribution < 1.29 is 19.8 Å². The Balaban J connectivity index is 2.64. The summed E-state index contributed by atoms with van der Waals surface area (Å²) in [6.45, 7) is 1.57. The molecule has 0 aliphatic heterocycles. The topological polar surface area (TPSA) is 86.6 Å². The standard InChI is InChI=1S/C11H12BrNO4/c1-6-2-3-7(4-8(6)12)10(15)13-5-9(14)11(16)17/h2-4,9,14H,5H2,1H3,(H,13,15)(H,16,17)/t9-/m0/s1. The van der Waals surface area contributed by atoms with Crippen LogP contribution in [-0.2, 0) is 4.79 Å². The fourth-order valence-corrected chi connectivity index (χ4v) is 1.49. The van der Waals surface area contributed by atoms with E-state index in [-0.39, 0.29) is 6.54 Å². The van der Waals surface area contributed by atoms with E-state index in [1.807, 2.05) is 6.92 Å². The summed E-state index contributed by atoms with van der Waals surface area (Å²) >= 11 is 3.29. The quantitative estimate of drug-likeness (QED) is 0.772. The van der Waals surface area contributed by atoms with E-state index in [9.17, 15) is 9.59 Å². The van der Waals surface area contributed by atoms with Gasteiger partial charge >= 0.3 is 5.97 Å². The van der Waals surface area contributed by atoms with Gasteiger partial charge < -0.3 is 15.5 Å². The van der Waals surface area contributed by atoms with E-state index in [0.717, 1.165) is 10.0 Å². The number of aryl methyl sites for hydroxylation is 1. The van der Waals surface area contributed by atoms with Crippen molar-refractivity contribution in [3.8, 4) is 0 Å². The number of halogens is 1. The van der Waals surface area contributed by atoms with Crippen molar-refractivity contribution in [2.24, 2.45) is 0 Å². The Labute approximate surface area is 107 Å². The number of nitrogens with one attached hydrogen (secondary N) is 1. The summed E-state index contributed by atoms with van der Waals surface area (Å²) in [6.07, 6.45) is -1.59. The van der Waals surface area contributed by atoms with Crippen molar-refractivity contribution in [2.45, 2.75) is 13.0 Å². The summed E-state index contributed by atoms with van der Waals surface area (Å²) in [5, 5.41) is 19.8. The van der Waals surface area contributed by atoms with Crippen LogP contribution >= 0.6 is 15.9 Å². The van der Waals surface area contributed by atoms with Crippen LogP contribution in [0, 0.1) is 6.92 Å². The highest BCUT2D eigenvalue weighted by Gasteiger charge is 2.15. The number of carboxylic acid groups (broad SMARTS) is 1. The molecule has 1 amide bonds. The van der Waals surface area contributed by atoms with E-state index in [4.69, 9.17) is 10.2 Å². The molecular formula is C11H12BrNO4. The van der Waals surface area contributed by atoms with Crippen molar-refractivity contribution in [3.05, 3.63) is 33.8 Å². The Hall–Kier alpha value is -1.40. The lowest BCUT2D eigenvalue weighted by Crippen LogP contribution is -2.36. The summed E-state index contributed by atoms with van der Waals surface area (Å²) in [5.74, 6) is -1.79. The van der Waals surface area contributed by atoms with Crippen LogP contribution in [0.4, 0.5) is 0 Å². The number of aliphatic carboxylic acids is 1. The minimum absolute atomic E-state index is 0.320. The molecule has 0 unspecified atom stereocenters. The van der Waals surface area contributed by atoms with Gasteiger partial charge in [0.1, 0.15) is 0 Å². The van der Waals surface area contributed by atoms with E-state index >= 15 is 0 Å². The second-order valence-corrected chi connectivity index (χ2v) is 4.38. The first kappa shape index (κ1) is 13.7. The van der Waals surface area contributed by atoms with Gasteiger partial charge in [-0.1, -0.05) is 22.0 Å². The van der Waals surface area contributed by atoms with Gasteiger partial charge in [-0.15, -0.1) is 0 Å². The Morgan fingerprint density at radius 1 is 1.47 bits per heavy atom. The van der Waals surface area contributed by atoms with Crippen LogP contribution in [0.1, 0.15) is 15.9 Å². The van der Waals surface area contributed by atoms with Gasteiger partial charge in [0.05, 0.1) is 6.54 Å². The number of benzene rings is 1. The summed E-state index contributed by atoms with van der Waals surface area (Å²) in [6, 6.07) is 5.03. The number of hydrogen-bond donors (Lipinski definition) is 3. The molecule has 1 aromatic carbocycles. The number of carbonyl (C=O) groups excluding carboxylic acids is 1. The van der Waals surface area contributed by atoms with Gasteiger partial charge in [0.15, 0.2) is 6.10 Å². The summed E-state index contributed by atoms with van der Waals surface area (Å²) in [4.78, 5) is 21.9. The highest BCUT2D eigenvalue weighted by molar-refractivity contribution is 9.10. The van der Waals surface area contributed by atoms with Crippen molar-refractivity contribution in [3.63, 3.8) is 0 Å². The van der Waals surface area contributed by atoms with Gasteiger partial charge in [0.2, 0.25) is 0 Å². The molecule has 0 aromatic heterocycles. The largest absolute Gasteiger partial charge is 0.479 e. The Morgan fingerprint density at radius 2 is 2.12 bits per heavy atom. The molecule has 92 valence electrons. The summed E-state index contributed by atoms with van der Waals surface area (Å²) in [5.41, 5.74) is 1.40. The molecule has 1 rings (SSSR count). The van der Waals surface area contributed by atoms with Crippen LogP contribution in [0.25, 0.3) is 0 Å². The molecule has 1 atom stereocenters. The molecule has 3 N–H and O–H groups in total. The van der Waals surface area contributed by atoms with Crippen molar-refractivity contribution in [2.75, 3.05) is 6.54 Å². The number of rotatable bonds is 4. The van der Waals surface area contributed by atoms with Gasteiger partial charge in [0, 0.05) is 10.0 Å². The first-order valence-corrected chi connectivity index (χ1v) is 5.66. The summed E-state index contributed by atoms with van der Waals surface area (Å²) < 4.78 is 0.795. The Bertz CT molecular complexity index is 447. The van der Waals surface area contributed by atoms with Crippen LogP contribution in [0.3, 0.4) is 0 Å². The van der Waals surface area contributed by atoms with E-state index in [1.165, 1.54) is 0 Å². The molecule has 0 bridgehead atoms. The monoisotopic (exact) mass is 301 g/mol. The second kappa shape index (κ2) is 5.79. The fraction of sp³-hybridized carbons (Fsp3) is 0.273. The van der Waals surface area contributed by atoms with Gasteiger partial charge in [-0.2, -0.15) is 0 Å². The Kier molecular flexibility index (Phi) is 4.65. The predicted octanol–water partition coefficient (Wildman–Crippen LogP) is 0.933. The molecule has 0 heterocycles. The maximum atomic E-state index is 11.6. The molecule has 5 nitrogen and oxygen atoms in total. The highest BCUT2D eigenvalue weighted by atomic mass is 79.9. The van der Waals surface area contributed by atoms with Gasteiger partial charge in [-0.3, -0.25) is 4.79 Å². The van der Waals surface area contributed by atoms with Crippen LogP contribution in [0.15, 0.2) is 22.7 Å². The van der Waals surface area contributed by atoms with E-state index in [1.54, 1.807) is 18.2 Å². The zero-order valence-corrected chi connectivity index (χ0v) is 10.7. The molecule has 0 fully saturated rings. The molecule has 0 spiro atoms. The average molecular weight is 302 g/mol. The third-order valence-electron chi connectivity index (χ3n) is 2.18. The maximum Gasteiger partial charge on any atom is 0.334 e. The lowest BCUT2D eigenvalue weighted by Gasteiger charge is -2.08. The number of carboxylic acids is 1. The molecule has 0 aliphatic rings. The molecule has 0 saturated carbocycles. The minimum atomic E-state index is -1.59. The van der Waals surface area contributed by atoms with Crippen molar-refractivity contribution in [1.29, 1.82) is 0 Å². The third kappa shape index (κ3) is 3.83. The first-order valence-electron chi connectivity index (χ1n) is 4.87. The van der Waals surface area contributed by atoms with Crippen LogP contribution < -0.4 is 5.32 Å². The zero-order chi connectivity index (χ0) is 13.0. The molecule has 1 aromatic rings. The minimum Gasteiger partial charge on any atom is -0.479 e. The van der Waals surface area contributed by atoms with Crippen molar-refractivity contribution >= 4 is 27.8 Å². The fourth-order valence-electron chi connectivity index (χ4n) is 1.11. The molecule has 0 radical (unpaired) electrons. The Morgan fingerprint density at radius 3 is 2.65 bits per heavy atom. The average Bonchev–Trinajstić information content (AvgIpc) is 2.28. The third-order valence-corrected chi connectivity index (χ3v) is 3.03. The smallest absolute Gasteiger partial charge is 0.334 e. The first-order chi connectivity index (χ1) is 7.91. The SMILES string of the molecule is Cc1ccc(C(=O)NC[C@H](O)C(=O)O)cc1Br. The van der Waals surface area contributed by atoms with Crippen LogP contribution in [0.2, 0.25) is 0 Å².